The standard InChI is InChI=1S/2C19H27NO3.2C16H21NO3.C16H21NO/c2*1-19(2)22-17-10-9-14(11-18(17)23-19)12-20(3)13-16(21)15-7-5-4-6-8-15;2*1-17(10-12-7-8-14(18)15(19)9-12)11-16(20)13-5-3-2-4-6-13;1-17(12-14-8-4-2-5-9-14)13-16(18)15-10-6-3-7-11-15/h2*4-8,14,17-18H,9-13H2,1-3H3;2*2-6,12,18-19H,7-11H2,1H3;2-4,6-7,10-11,14H,5,8-9,12-13H2,1H3/t2*14?,17-,18+;;;/m10.../s1. The number of likely N-dealkylation sites (N-methyl/N-ethyl adjacent to an activating group) is 5. The van der Waals surface area contributed by atoms with Crippen LogP contribution in [0.25, 0.3) is 0 Å². The van der Waals surface area contributed by atoms with E-state index in [0.29, 0.717) is 88.0 Å². The van der Waals surface area contributed by atoms with Gasteiger partial charge in [0.2, 0.25) is 0 Å². The van der Waals surface area contributed by atoms with Crippen molar-refractivity contribution in [1.82, 2.24) is 24.5 Å². The van der Waals surface area contributed by atoms with E-state index < -0.39 is 11.6 Å². The molecule has 4 fully saturated rings. The molecule has 9 atom stereocenters. The van der Waals surface area contributed by atoms with Crippen molar-refractivity contribution in [2.75, 3.05) is 101 Å². The molecule has 5 unspecified atom stereocenters. The quantitative estimate of drug-likeness (QED) is 0.0315. The van der Waals surface area contributed by atoms with Crippen molar-refractivity contribution >= 4 is 28.9 Å². The van der Waals surface area contributed by atoms with E-state index in [1.54, 1.807) is 0 Å². The Labute approximate surface area is 618 Å². The SMILES string of the molecule is CN(CC(=O)c1ccccc1)CC1CC=CCC1.CN(CC(=O)c1ccccc1)CC1CCC(O)=C(O)C1.CN(CC(=O)c1ccccc1)CC1CCC(O)=C(O)C1.CN(CC(=O)c1ccccc1)CC1CC[C@@H]2OC(C)(C)O[C@@H]2C1.CN(CC(=O)c1ccccc1)CC1CC[C@H]2OC(C)(C)O[C@H]2C1. The number of nitrogens with zero attached hydrogens (tertiary/aromatic N) is 5. The maximum atomic E-state index is 12.3. The van der Waals surface area contributed by atoms with Crippen LogP contribution in [0.3, 0.4) is 0 Å². The predicted molar refractivity (Wildman–Crippen MR) is 409 cm³/mol. The minimum Gasteiger partial charge on any atom is -0.509 e. The lowest BCUT2D eigenvalue weighted by Gasteiger charge is -2.31. The molecule has 0 radical (unpaired) electrons. The summed E-state index contributed by atoms with van der Waals surface area (Å²) in [5.74, 6) is 2.77. The second-order valence-corrected chi connectivity index (χ2v) is 30.9. The van der Waals surface area contributed by atoms with Crippen molar-refractivity contribution in [2.45, 2.75) is 160 Å². The molecule has 7 aliphatic rings. The Morgan fingerprint density at radius 3 is 0.875 bits per heavy atom. The van der Waals surface area contributed by atoms with Crippen LogP contribution in [-0.2, 0) is 18.9 Å². The van der Waals surface area contributed by atoms with E-state index in [4.69, 9.17) is 18.9 Å². The van der Waals surface area contributed by atoms with Crippen molar-refractivity contribution in [3.63, 3.8) is 0 Å². The van der Waals surface area contributed by atoms with Crippen LogP contribution < -0.4 is 0 Å². The Morgan fingerprint density at radius 1 is 0.337 bits per heavy atom. The van der Waals surface area contributed by atoms with Gasteiger partial charge in [-0.15, -0.1) is 0 Å². The highest BCUT2D eigenvalue weighted by atomic mass is 16.8. The van der Waals surface area contributed by atoms with Gasteiger partial charge in [0.1, 0.15) is 23.0 Å². The summed E-state index contributed by atoms with van der Waals surface area (Å²) in [7, 11) is 9.93. The molecule has 5 aromatic rings. The number of hydrogen-bond acceptors (Lipinski definition) is 18. The zero-order valence-corrected chi connectivity index (χ0v) is 63.2. The van der Waals surface area contributed by atoms with Crippen LogP contribution in [0.15, 0.2) is 187 Å². The molecule has 2 aliphatic heterocycles. The Balaban J connectivity index is 0.000000165. The molecular formula is C86H117N5O13. The van der Waals surface area contributed by atoms with Gasteiger partial charge >= 0.3 is 0 Å². The maximum absolute atomic E-state index is 12.3. The first-order valence-electron chi connectivity index (χ1n) is 37.6. The summed E-state index contributed by atoms with van der Waals surface area (Å²) in [6, 6.07) is 47.1. The molecule has 2 saturated heterocycles. The van der Waals surface area contributed by atoms with E-state index in [-0.39, 0.29) is 76.4 Å². The number of carbonyl (C=O) groups excluding carboxylic acids is 5. The largest absolute Gasteiger partial charge is 0.509 e. The van der Waals surface area contributed by atoms with Gasteiger partial charge in [0, 0.05) is 86.2 Å². The van der Waals surface area contributed by atoms with Crippen LogP contribution in [0.5, 0.6) is 0 Å². The number of benzene rings is 5. The average molecular weight is 1430 g/mol. The molecule has 564 valence electrons. The number of carbonyl (C=O) groups is 5. The third-order valence-corrected chi connectivity index (χ3v) is 20.4. The molecule has 4 N–H and O–H groups in total. The van der Waals surface area contributed by atoms with Crippen molar-refractivity contribution in [2.24, 2.45) is 29.6 Å². The van der Waals surface area contributed by atoms with Crippen LogP contribution in [0.1, 0.15) is 176 Å². The number of ketones is 5. The molecule has 0 amide bonds. The first-order valence-corrected chi connectivity index (χ1v) is 37.6. The van der Waals surface area contributed by atoms with Crippen LogP contribution in [0.4, 0.5) is 0 Å². The number of aliphatic hydroxyl groups excluding tert-OH is 4. The monoisotopic (exact) mass is 1430 g/mol. The molecule has 104 heavy (non-hydrogen) atoms. The molecular weight excluding hydrogens is 1310 g/mol. The lowest BCUT2D eigenvalue weighted by atomic mass is 9.85. The van der Waals surface area contributed by atoms with E-state index in [0.717, 1.165) is 118 Å². The summed E-state index contributed by atoms with van der Waals surface area (Å²) < 4.78 is 23.9. The molecule has 0 bridgehead atoms. The number of ether oxygens (including phenoxy) is 4. The maximum Gasteiger partial charge on any atom is 0.176 e. The molecule has 0 spiro atoms. The molecule has 18 nitrogen and oxygen atoms in total. The minimum absolute atomic E-state index is 0.101. The van der Waals surface area contributed by atoms with Gasteiger partial charge in [-0.2, -0.15) is 0 Å². The smallest absolute Gasteiger partial charge is 0.176 e. The van der Waals surface area contributed by atoms with E-state index in [9.17, 15) is 44.4 Å². The summed E-state index contributed by atoms with van der Waals surface area (Å²) in [4.78, 5) is 71.1. The molecule has 18 heteroatoms. The number of allylic oxidation sites excluding steroid dienone is 6. The first kappa shape index (κ1) is 82.2. The Kier molecular flexibility index (Phi) is 32.3. The van der Waals surface area contributed by atoms with Crippen molar-refractivity contribution in [3.05, 3.63) is 215 Å². The third-order valence-electron chi connectivity index (χ3n) is 20.4. The third kappa shape index (κ3) is 27.8. The fourth-order valence-electron chi connectivity index (χ4n) is 15.4. The number of hydrogen-bond donors (Lipinski definition) is 4. The molecule has 2 saturated carbocycles. The van der Waals surface area contributed by atoms with E-state index in [1.165, 1.54) is 12.8 Å². The van der Waals surface area contributed by atoms with Gasteiger partial charge in [0.15, 0.2) is 40.5 Å². The Bertz CT molecular complexity index is 3380. The van der Waals surface area contributed by atoms with Crippen molar-refractivity contribution in [3.8, 4) is 0 Å². The second kappa shape index (κ2) is 40.9. The number of fused-ring (bicyclic) bond motifs is 2. The minimum atomic E-state index is -0.445. The molecule has 2 heterocycles. The van der Waals surface area contributed by atoms with Gasteiger partial charge in [0.05, 0.1) is 57.1 Å². The van der Waals surface area contributed by atoms with Gasteiger partial charge in [0.25, 0.3) is 0 Å². The summed E-state index contributed by atoms with van der Waals surface area (Å²) >= 11 is 0. The normalized spacial score (nSPS) is 23.8. The Morgan fingerprint density at radius 2 is 0.606 bits per heavy atom. The first-order chi connectivity index (χ1) is 49.7. The van der Waals surface area contributed by atoms with Gasteiger partial charge in [-0.25, -0.2) is 0 Å². The summed E-state index contributed by atoms with van der Waals surface area (Å²) in [5.41, 5.74) is 3.84. The Hall–Kier alpha value is -7.49. The zero-order chi connectivity index (χ0) is 74.8. The highest BCUT2D eigenvalue weighted by Crippen LogP contribution is 2.41. The number of aliphatic hydroxyl groups is 4. The van der Waals surface area contributed by atoms with Gasteiger partial charge < -0.3 is 39.4 Å². The molecule has 5 aliphatic carbocycles. The van der Waals surface area contributed by atoms with Crippen molar-refractivity contribution < 1.29 is 63.3 Å². The lowest BCUT2D eigenvalue weighted by molar-refractivity contribution is -0.146. The van der Waals surface area contributed by atoms with Crippen LogP contribution in [-0.4, -0.2) is 211 Å². The summed E-state index contributed by atoms with van der Waals surface area (Å²) in [6.45, 7) is 14.5. The molecule has 12 rings (SSSR count). The number of rotatable bonds is 25. The molecule has 0 aromatic heterocycles. The fraction of sp³-hybridized carbons (Fsp3) is 0.523. The molecule has 5 aromatic carbocycles. The lowest BCUT2D eigenvalue weighted by Crippen LogP contribution is -2.37. The predicted octanol–water partition coefficient (Wildman–Crippen LogP) is 15.3. The average Bonchev–Trinajstić information content (AvgIpc) is 1.66. The number of Topliss-reactive ketones (excluding diaryl/α,β-unsaturated/α-hetero) is 5. The zero-order valence-electron chi connectivity index (χ0n) is 63.2. The van der Waals surface area contributed by atoms with E-state index in [1.807, 2.05) is 224 Å². The van der Waals surface area contributed by atoms with Crippen LogP contribution >= 0.6 is 0 Å². The fourth-order valence-corrected chi connectivity index (χ4v) is 15.4. The van der Waals surface area contributed by atoms with Crippen molar-refractivity contribution in [1.29, 1.82) is 0 Å². The summed E-state index contributed by atoms with van der Waals surface area (Å²) in [6.07, 6.45) is 19.2. The highest BCUT2D eigenvalue weighted by molar-refractivity contribution is 5.99. The summed E-state index contributed by atoms with van der Waals surface area (Å²) in [5, 5.41) is 37.9. The van der Waals surface area contributed by atoms with Gasteiger partial charge in [-0.3, -0.25) is 48.5 Å². The van der Waals surface area contributed by atoms with Crippen LogP contribution in [0, 0.1) is 29.6 Å². The van der Waals surface area contributed by atoms with E-state index in [2.05, 4.69) is 26.9 Å². The highest BCUT2D eigenvalue weighted by Gasteiger charge is 2.46. The topological polar surface area (TPSA) is 219 Å². The van der Waals surface area contributed by atoms with Gasteiger partial charge in [-0.05, 0) is 163 Å². The van der Waals surface area contributed by atoms with Crippen LogP contribution in [0.2, 0.25) is 0 Å². The van der Waals surface area contributed by atoms with E-state index >= 15 is 0 Å². The van der Waals surface area contributed by atoms with Gasteiger partial charge in [-0.1, -0.05) is 164 Å². The second-order valence-electron chi connectivity index (χ2n) is 30.9.